The minimum absolute atomic E-state index is 0.273. The number of esters is 1. The fourth-order valence-electron chi connectivity index (χ4n) is 1.81. The molecule has 0 radical (unpaired) electrons. The molecule has 0 amide bonds. The maximum absolute atomic E-state index is 11.5. The number of hydrogen-bond donors (Lipinski definition) is 0. The predicted octanol–water partition coefficient (Wildman–Crippen LogP) is 2.17. The molecular weight excluding hydrogens is 204 g/mol. The summed E-state index contributed by atoms with van der Waals surface area (Å²) in [5.41, 5.74) is 1.72. The van der Waals surface area contributed by atoms with E-state index in [0.29, 0.717) is 6.61 Å². The third kappa shape index (κ3) is 1.83. The summed E-state index contributed by atoms with van der Waals surface area (Å²) in [6.07, 6.45) is -0.449. The van der Waals surface area contributed by atoms with Crippen molar-refractivity contribution >= 4 is 5.97 Å². The van der Waals surface area contributed by atoms with Gasteiger partial charge in [-0.05, 0) is 26.3 Å². The lowest BCUT2D eigenvalue weighted by Gasteiger charge is -2.06. The highest BCUT2D eigenvalue weighted by Gasteiger charge is 2.59. The average molecular weight is 220 g/mol. The predicted molar refractivity (Wildman–Crippen MR) is 60.0 cm³/mol. The van der Waals surface area contributed by atoms with E-state index in [-0.39, 0.29) is 5.97 Å². The normalized spacial score (nSPS) is 27.6. The van der Waals surface area contributed by atoms with Crippen LogP contribution in [-0.2, 0) is 19.9 Å². The maximum atomic E-state index is 11.5. The van der Waals surface area contributed by atoms with Gasteiger partial charge in [0.05, 0.1) is 6.61 Å². The molecule has 1 aliphatic heterocycles. The standard InChI is InChI=1S/C13H16O3/c1-4-15-12(14)11-13(3,16-11)10-7-5-9(2)6-8-10/h5-8,11H,4H2,1-3H3. The van der Waals surface area contributed by atoms with Gasteiger partial charge in [-0.2, -0.15) is 0 Å². The Bertz CT molecular complexity index is 396. The van der Waals surface area contributed by atoms with E-state index in [1.807, 2.05) is 38.1 Å². The highest BCUT2D eigenvalue weighted by molar-refractivity contribution is 5.79. The van der Waals surface area contributed by atoms with Crippen molar-refractivity contribution in [2.24, 2.45) is 0 Å². The molecule has 1 fully saturated rings. The monoisotopic (exact) mass is 220 g/mol. The van der Waals surface area contributed by atoms with E-state index >= 15 is 0 Å². The minimum atomic E-state index is -0.500. The first-order valence-corrected chi connectivity index (χ1v) is 5.49. The summed E-state index contributed by atoms with van der Waals surface area (Å²) in [6, 6.07) is 8.03. The van der Waals surface area contributed by atoms with Gasteiger partial charge in [-0.15, -0.1) is 0 Å². The van der Waals surface area contributed by atoms with Gasteiger partial charge in [0.15, 0.2) is 6.10 Å². The van der Waals surface area contributed by atoms with E-state index in [0.717, 1.165) is 5.56 Å². The largest absolute Gasteiger partial charge is 0.464 e. The van der Waals surface area contributed by atoms with Crippen molar-refractivity contribution in [2.75, 3.05) is 6.61 Å². The van der Waals surface area contributed by atoms with E-state index in [1.54, 1.807) is 6.92 Å². The van der Waals surface area contributed by atoms with Gasteiger partial charge in [0.1, 0.15) is 5.60 Å². The summed E-state index contributed by atoms with van der Waals surface area (Å²) < 4.78 is 10.4. The third-order valence-electron chi connectivity index (χ3n) is 2.93. The first-order chi connectivity index (χ1) is 7.58. The Labute approximate surface area is 95.4 Å². The molecule has 0 N–H and O–H groups in total. The number of hydrogen-bond acceptors (Lipinski definition) is 3. The van der Waals surface area contributed by atoms with Crippen LogP contribution >= 0.6 is 0 Å². The summed E-state index contributed by atoms with van der Waals surface area (Å²) in [6.45, 7) is 6.13. The van der Waals surface area contributed by atoms with Crippen LogP contribution in [0.3, 0.4) is 0 Å². The second-order valence-corrected chi connectivity index (χ2v) is 4.22. The molecule has 0 aliphatic carbocycles. The second kappa shape index (κ2) is 3.91. The molecule has 1 heterocycles. The van der Waals surface area contributed by atoms with Crippen LogP contribution in [0.25, 0.3) is 0 Å². The zero-order valence-electron chi connectivity index (χ0n) is 9.82. The van der Waals surface area contributed by atoms with Crippen LogP contribution in [0.2, 0.25) is 0 Å². The molecule has 1 aliphatic rings. The molecule has 1 aromatic carbocycles. The lowest BCUT2D eigenvalue weighted by atomic mass is 9.96. The van der Waals surface area contributed by atoms with Crippen molar-refractivity contribution in [3.63, 3.8) is 0 Å². The van der Waals surface area contributed by atoms with Crippen LogP contribution in [0, 0.1) is 6.92 Å². The quantitative estimate of drug-likeness (QED) is 0.579. The lowest BCUT2D eigenvalue weighted by Crippen LogP contribution is -2.18. The van der Waals surface area contributed by atoms with E-state index in [9.17, 15) is 4.79 Å². The summed E-state index contributed by atoms with van der Waals surface area (Å²) in [5, 5.41) is 0. The zero-order chi connectivity index (χ0) is 11.8. The molecular formula is C13H16O3. The zero-order valence-corrected chi connectivity index (χ0v) is 9.82. The Kier molecular flexibility index (Phi) is 2.72. The maximum Gasteiger partial charge on any atom is 0.338 e. The Morgan fingerprint density at radius 2 is 2.06 bits per heavy atom. The average Bonchev–Trinajstić information content (AvgIpc) is 2.93. The number of epoxide rings is 1. The van der Waals surface area contributed by atoms with Gasteiger partial charge >= 0.3 is 5.97 Å². The number of rotatable bonds is 3. The smallest absolute Gasteiger partial charge is 0.338 e. The Hall–Kier alpha value is -1.35. The number of ether oxygens (including phenoxy) is 2. The highest BCUT2D eigenvalue weighted by atomic mass is 16.7. The van der Waals surface area contributed by atoms with Crippen molar-refractivity contribution in [1.82, 2.24) is 0 Å². The Balaban J connectivity index is 2.12. The molecule has 0 saturated carbocycles. The molecule has 1 aromatic rings. The van der Waals surface area contributed by atoms with Crippen LogP contribution in [0.1, 0.15) is 25.0 Å². The minimum Gasteiger partial charge on any atom is -0.464 e. The van der Waals surface area contributed by atoms with E-state index in [1.165, 1.54) is 5.56 Å². The van der Waals surface area contributed by atoms with Crippen molar-refractivity contribution in [2.45, 2.75) is 32.5 Å². The SMILES string of the molecule is CCOC(=O)C1OC1(C)c1ccc(C)cc1. The number of aryl methyl sites for hydroxylation is 1. The van der Waals surface area contributed by atoms with Gasteiger partial charge in [0.2, 0.25) is 0 Å². The molecule has 86 valence electrons. The molecule has 16 heavy (non-hydrogen) atoms. The summed E-state index contributed by atoms with van der Waals surface area (Å²) >= 11 is 0. The van der Waals surface area contributed by atoms with Gasteiger partial charge in [0, 0.05) is 0 Å². The van der Waals surface area contributed by atoms with E-state index in [2.05, 4.69) is 0 Å². The van der Waals surface area contributed by atoms with E-state index < -0.39 is 11.7 Å². The fraction of sp³-hybridized carbons (Fsp3) is 0.462. The molecule has 3 heteroatoms. The lowest BCUT2D eigenvalue weighted by molar-refractivity contribution is -0.144. The van der Waals surface area contributed by atoms with Crippen LogP contribution < -0.4 is 0 Å². The molecule has 0 aromatic heterocycles. The van der Waals surface area contributed by atoms with Gasteiger partial charge < -0.3 is 9.47 Å². The second-order valence-electron chi connectivity index (χ2n) is 4.22. The molecule has 0 spiro atoms. The summed E-state index contributed by atoms with van der Waals surface area (Å²) in [5.74, 6) is -0.273. The number of carbonyl (C=O) groups is 1. The number of benzene rings is 1. The van der Waals surface area contributed by atoms with Crippen molar-refractivity contribution < 1.29 is 14.3 Å². The van der Waals surface area contributed by atoms with Crippen LogP contribution in [0.4, 0.5) is 0 Å². The van der Waals surface area contributed by atoms with Crippen LogP contribution in [0.5, 0.6) is 0 Å². The van der Waals surface area contributed by atoms with Crippen LogP contribution in [0.15, 0.2) is 24.3 Å². The number of carbonyl (C=O) groups excluding carboxylic acids is 1. The van der Waals surface area contributed by atoms with Gasteiger partial charge in [-0.1, -0.05) is 29.8 Å². The molecule has 2 rings (SSSR count). The molecule has 2 unspecified atom stereocenters. The molecule has 0 bridgehead atoms. The fourth-order valence-corrected chi connectivity index (χ4v) is 1.81. The Morgan fingerprint density at radius 3 is 2.62 bits per heavy atom. The van der Waals surface area contributed by atoms with Crippen molar-refractivity contribution in [3.05, 3.63) is 35.4 Å². The van der Waals surface area contributed by atoms with Crippen molar-refractivity contribution in [1.29, 1.82) is 0 Å². The molecule has 1 saturated heterocycles. The van der Waals surface area contributed by atoms with E-state index in [4.69, 9.17) is 9.47 Å². The van der Waals surface area contributed by atoms with Crippen LogP contribution in [-0.4, -0.2) is 18.7 Å². The first-order valence-electron chi connectivity index (χ1n) is 5.49. The van der Waals surface area contributed by atoms with Gasteiger partial charge in [-0.3, -0.25) is 0 Å². The third-order valence-corrected chi connectivity index (χ3v) is 2.93. The van der Waals surface area contributed by atoms with Crippen molar-refractivity contribution in [3.8, 4) is 0 Å². The Morgan fingerprint density at radius 1 is 1.44 bits per heavy atom. The summed E-state index contributed by atoms with van der Waals surface area (Å²) in [7, 11) is 0. The molecule has 3 nitrogen and oxygen atoms in total. The highest BCUT2D eigenvalue weighted by Crippen LogP contribution is 2.46. The first kappa shape index (κ1) is 11.1. The topological polar surface area (TPSA) is 38.8 Å². The molecule has 2 atom stereocenters. The van der Waals surface area contributed by atoms with Gasteiger partial charge in [-0.25, -0.2) is 4.79 Å². The summed E-state index contributed by atoms with van der Waals surface area (Å²) in [4.78, 5) is 11.5. The van der Waals surface area contributed by atoms with Gasteiger partial charge in [0.25, 0.3) is 0 Å².